The molecule has 0 N–H and O–H groups in total. The van der Waals surface area contributed by atoms with Gasteiger partial charge in [-0.25, -0.2) is 9.59 Å². The van der Waals surface area contributed by atoms with Crippen molar-refractivity contribution in [1.29, 1.82) is 0 Å². The fourth-order valence-corrected chi connectivity index (χ4v) is 4.09. The molecule has 1 heterocycles. The van der Waals surface area contributed by atoms with Crippen LogP contribution in [0.4, 0.5) is 0 Å². The van der Waals surface area contributed by atoms with Gasteiger partial charge < -0.3 is 9.47 Å². The van der Waals surface area contributed by atoms with Crippen LogP contribution in [0.3, 0.4) is 0 Å². The van der Waals surface area contributed by atoms with Gasteiger partial charge in [0.15, 0.2) is 0 Å². The van der Waals surface area contributed by atoms with E-state index in [0.717, 1.165) is 11.1 Å². The van der Waals surface area contributed by atoms with Gasteiger partial charge in [0, 0.05) is 0 Å². The number of hydrogen-bond donors (Lipinski definition) is 0. The zero-order valence-electron chi connectivity index (χ0n) is 13.3. The summed E-state index contributed by atoms with van der Waals surface area (Å²) < 4.78 is 9.78. The highest BCUT2D eigenvalue weighted by Gasteiger charge is 2.35. The second-order valence-electron chi connectivity index (χ2n) is 5.18. The zero-order chi connectivity index (χ0) is 17.1. The van der Waals surface area contributed by atoms with Gasteiger partial charge in [-0.05, 0) is 16.7 Å². The first-order valence-electron chi connectivity index (χ1n) is 7.39. The van der Waals surface area contributed by atoms with Crippen LogP contribution in [0.15, 0.2) is 59.5 Å². The number of esters is 2. The summed E-state index contributed by atoms with van der Waals surface area (Å²) in [6.45, 7) is 0. The molecule has 1 aliphatic heterocycles. The molecule has 0 saturated heterocycles. The number of fused-ring (bicyclic) bond motifs is 1. The third kappa shape index (κ3) is 2.83. The first-order valence-corrected chi connectivity index (χ1v) is 8.27. The molecule has 4 nitrogen and oxygen atoms in total. The van der Waals surface area contributed by atoms with Crippen LogP contribution in [0.25, 0.3) is 5.57 Å². The van der Waals surface area contributed by atoms with Gasteiger partial charge in [-0.2, -0.15) is 0 Å². The molecular weight excluding hydrogens is 324 g/mol. The van der Waals surface area contributed by atoms with Crippen molar-refractivity contribution in [2.75, 3.05) is 14.2 Å². The van der Waals surface area contributed by atoms with Crippen molar-refractivity contribution in [1.82, 2.24) is 0 Å². The van der Waals surface area contributed by atoms with E-state index in [-0.39, 0.29) is 15.7 Å². The van der Waals surface area contributed by atoms with E-state index in [4.69, 9.17) is 9.47 Å². The van der Waals surface area contributed by atoms with E-state index in [2.05, 4.69) is 0 Å². The van der Waals surface area contributed by atoms with Crippen molar-refractivity contribution in [3.05, 3.63) is 76.2 Å². The van der Waals surface area contributed by atoms with Crippen LogP contribution in [0, 0.1) is 0 Å². The molecule has 3 rings (SSSR count). The number of methoxy groups -OCH3 is 2. The summed E-state index contributed by atoms with van der Waals surface area (Å²) >= 11 is 1.32. The zero-order valence-corrected chi connectivity index (χ0v) is 14.1. The Morgan fingerprint density at radius 3 is 2.17 bits per heavy atom. The van der Waals surface area contributed by atoms with Gasteiger partial charge in [-0.15, -0.1) is 11.8 Å². The number of thioether (sulfide) groups is 1. The standard InChI is InChI=1S/C19H16O4S/c1-22-18(20)15-13-10-6-7-11-14(13)16(12-8-4-3-5-9-12)24-17(15)19(21)23-2/h3-11,16H,1-2H3. The summed E-state index contributed by atoms with van der Waals surface area (Å²) in [5, 5.41) is -0.0927. The van der Waals surface area contributed by atoms with Crippen molar-refractivity contribution < 1.29 is 19.1 Å². The molecular formula is C19H16O4S. The van der Waals surface area contributed by atoms with Crippen LogP contribution >= 0.6 is 11.8 Å². The van der Waals surface area contributed by atoms with Gasteiger partial charge in [-0.1, -0.05) is 54.6 Å². The fourth-order valence-electron chi connectivity index (χ4n) is 2.74. The number of rotatable bonds is 3. The van der Waals surface area contributed by atoms with Crippen LogP contribution in [0.1, 0.15) is 21.9 Å². The van der Waals surface area contributed by atoms with Gasteiger partial charge in [0.2, 0.25) is 0 Å². The lowest BCUT2D eigenvalue weighted by atomic mass is 9.93. The molecule has 0 aliphatic carbocycles. The summed E-state index contributed by atoms with van der Waals surface area (Å²) in [5.41, 5.74) is 3.00. The lowest BCUT2D eigenvalue weighted by Crippen LogP contribution is -2.19. The highest BCUT2D eigenvalue weighted by Crippen LogP contribution is 2.49. The quantitative estimate of drug-likeness (QED) is 0.800. The molecule has 0 spiro atoms. The van der Waals surface area contributed by atoms with Crippen LogP contribution in [-0.4, -0.2) is 26.2 Å². The first-order chi connectivity index (χ1) is 11.7. The Morgan fingerprint density at radius 1 is 0.875 bits per heavy atom. The molecule has 0 radical (unpaired) electrons. The van der Waals surface area contributed by atoms with Crippen LogP contribution < -0.4 is 0 Å². The largest absolute Gasteiger partial charge is 0.465 e. The number of hydrogen-bond acceptors (Lipinski definition) is 5. The summed E-state index contributed by atoms with van der Waals surface area (Å²) in [5.74, 6) is -1.07. The average Bonchev–Trinajstić information content (AvgIpc) is 2.66. The first kappa shape index (κ1) is 16.3. The van der Waals surface area contributed by atoms with Crippen molar-refractivity contribution in [3.63, 3.8) is 0 Å². The Kier molecular flexibility index (Phi) is 4.71. The molecule has 1 unspecified atom stereocenters. The minimum absolute atomic E-state index is 0.0927. The Bertz CT molecular complexity index is 811. The highest BCUT2D eigenvalue weighted by molar-refractivity contribution is 8.04. The van der Waals surface area contributed by atoms with E-state index < -0.39 is 11.9 Å². The number of benzene rings is 2. The lowest BCUT2D eigenvalue weighted by molar-refractivity contribution is -0.137. The lowest BCUT2D eigenvalue weighted by Gasteiger charge is -2.27. The molecule has 1 aliphatic rings. The summed E-state index contributed by atoms with van der Waals surface area (Å²) in [6.07, 6.45) is 0. The van der Waals surface area contributed by atoms with Crippen molar-refractivity contribution in [3.8, 4) is 0 Å². The minimum atomic E-state index is -0.540. The normalized spacial score (nSPS) is 16.3. The molecule has 5 heteroatoms. The van der Waals surface area contributed by atoms with Gasteiger partial charge in [0.25, 0.3) is 0 Å². The molecule has 0 fully saturated rings. The molecule has 0 saturated carbocycles. The Labute approximate surface area is 144 Å². The van der Waals surface area contributed by atoms with E-state index >= 15 is 0 Å². The SMILES string of the molecule is COC(=O)C1=C(C(=O)OC)c2ccccc2C(c2ccccc2)S1. The Hall–Kier alpha value is -2.53. The number of carbonyl (C=O) groups excluding carboxylic acids is 2. The summed E-state index contributed by atoms with van der Waals surface area (Å²) in [6, 6.07) is 17.4. The molecule has 1 atom stereocenters. The van der Waals surface area contributed by atoms with E-state index in [1.807, 2.05) is 54.6 Å². The monoisotopic (exact) mass is 340 g/mol. The maximum absolute atomic E-state index is 12.3. The van der Waals surface area contributed by atoms with E-state index in [0.29, 0.717) is 5.56 Å². The third-order valence-corrected chi connectivity index (χ3v) is 5.21. The van der Waals surface area contributed by atoms with Gasteiger partial charge in [0.1, 0.15) is 4.91 Å². The summed E-state index contributed by atoms with van der Waals surface area (Å²) in [7, 11) is 2.61. The van der Waals surface area contributed by atoms with Crippen LogP contribution in [0.5, 0.6) is 0 Å². The Morgan fingerprint density at radius 2 is 1.50 bits per heavy atom. The van der Waals surface area contributed by atoms with Crippen molar-refractivity contribution >= 4 is 29.3 Å². The molecule has 0 aromatic heterocycles. The minimum Gasteiger partial charge on any atom is -0.465 e. The van der Waals surface area contributed by atoms with Gasteiger partial charge in [0.05, 0.1) is 25.0 Å². The smallest absolute Gasteiger partial charge is 0.345 e. The second-order valence-corrected chi connectivity index (χ2v) is 6.30. The van der Waals surface area contributed by atoms with Gasteiger partial charge >= 0.3 is 11.9 Å². The molecule has 0 amide bonds. The predicted molar refractivity (Wildman–Crippen MR) is 93.3 cm³/mol. The highest BCUT2D eigenvalue weighted by atomic mass is 32.2. The molecule has 24 heavy (non-hydrogen) atoms. The average molecular weight is 340 g/mol. The maximum Gasteiger partial charge on any atom is 0.345 e. The molecule has 0 bridgehead atoms. The number of carbonyl (C=O) groups is 2. The van der Waals surface area contributed by atoms with Crippen molar-refractivity contribution in [2.45, 2.75) is 5.25 Å². The van der Waals surface area contributed by atoms with Crippen LogP contribution in [0.2, 0.25) is 0 Å². The molecule has 122 valence electrons. The van der Waals surface area contributed by atoms with E-state index in [9.17, 15) is 9.59 Å². The number of ether oxygens (including phenoxy) is 2. The predicted octanol–water partition coefficient (Wildman–Crippen LogP) is 3.58. The topological polar surface area (TPSA) is 52.6 Å². The van der Waals surface area contributed by atoms with E-state index in [1.54, 1.807) is 0 Å². The molecule has 2 aromatic rings. The molecule has 2 aromatic carbocycles. The van der Waals surface area contributed by atoms with Crippen molar-refractivity contribution in [2.24, 2.45) is 0 Å². The fraction of sp³-hybridized carbons (Fsp3) is 0.158. The third-order valence-electron chi connectivity index (χ3n) is 3.84. The van der Waals surface area contributed by atoms with Gasteiger partial charge in [-0.3, -0.25) is 0 Å². The summed E-state index contributed by atoms with van der Waals surface area (Å²) in [4.78, 5) is 24.9. The van der Waals surface area contributed by atoms with E-state index in [1.165, 1.54) is 26.0 Å². The maximum atomic E-state index is 12.3. The Balaban J connectivity index is 2.23. The van der Waals surface area contributed by atoms with Crippen LogP contribution in [-0.2, 0) is 19.1 Å². The second kappa shape index (κ2) is 6.93.